The van der Waals surface area contributed by atoms with E-state index < -0.39 is 0 Å². The number of carbonyl (C=O) groups is 1. The Morgan fingerprint density at radius 1 is 1.13 bits per heavy atom. The van der Waals surface area contributed by atoms with Gasteiger partial charge in [0.25, 0.3) is 0 Å². The topological polar surface area (TPSA) is 50.4 Å². The fraction of sp³-hybridized carbons (Fsp3) is 0.316. The van der Waals surface area contributed by atoms with Crippen molar-refractivity contribution in [1.29, 1.82) is 0 Å². The molecular weight excluding hydrogens is 288 g/mol. The zero-order valence-electron chi connectivity index (χ0n) is 13.3. The summed E-state index contributed by atoms with van der Waals surface area (Å²) in [6.07, 6.45) is 1.83. The van der Waals surface area contributed by atoms with E-state index in [4.69, 9.17) is 4.74 Å². The van der Waals surface area contributed by atoms with Gasteiger partial charge in [-0.2, -0.15) is 0 Å². The van der Waals surface area contributed by atoms with Gasteiger partial charge in [0.2, 0.25) is 0 Å². The molecule has 3 rings (SSSR count). The van der Waals surface area contributed by atoms with E-state index in [1.807, 2.05) is 24.3 Å². The van der Waals surface area contributed by atoms with Crippen LogP contribution in [0.15, 0.2) is 48.5 Å². The van der Waals surface area contributed by atoms with Crippen molar-refractivity contribution in [3.8, 4) is 5.75 Å². The number of hydrogen-bond donors (Lipinski definition) is 2. The third-order valence-electron chi connectivity index (χ3n) is 4.10. The molecular formula is C19H22N2O2. The summed E-state index contributed by atoms with van der Waals surface area (Å²) in [6.45, 7) is 3.17. The second-order valence-electron chi connectivity index (χ2n) is 5.82. The van der Waals surface area contributed by atoms with Gasteiger partial charge < -0.3 is 15.4 Å². The molecule has 4 heteroatoms. The van der Waals surface area contributed by atoms with Gasteiger partial charge in [0, 0.05) is 6.54 Å². The van der Waals surface area contributed by atoms with E-state index in [0.29, 0.717) is 13.2 Å². The molecule has 0 aliphatic carbocycles. The molecule has 1 aliphatic rings. The zero-order chi connectivity index (χ0) is 16.1. The molecule has 0 spiro atoms. The minimum absolute atomic E-state index is 0.00682. The first kappa shape index (κ1) is 15.4. The van der Waals surface area contributed by atoms with Crippen LogP contribution in [0.5, 0.6) is 5.75 Å². The molecule has 1 aliphatic heterocycles. The third-order valence-corrected chi connectivity index (χ3v) is 4.10. The summed E-state index contributed by atoms with van der Waals surface area (Å²) in [6, 6.07) is 16.1. The summed E-state index contributed by atoms with van der Waals surface area (Å²) in [5.41, 5.74) is 3.54. The Kier molecular flexibility index (Phi) is 4.81. The lowest BCUT2D eigenvalue weighted by atomic mass is 10.0. The number of amides is 2. The first-order valence-electron chi connectivity index (χ1n) is 8.07. The van der Waals surface area contributed by atoms with Crippen LogP contribution in [0.4, 0.5) is 4.79 Å². The van der Waals surface area contributed by atoms with Gasteiger partial charge in [-0.15, -0.1) is 0 Å². The standard InChI is InChI=1S/C19H22N2O2/c1-2-14-7-9-15(10-8-14)12-20-19(22)21-17-11-16-5-3-4-6-18(16)23-13-17/h3-10,17H,2,11-13H2,1H3,(H2,20,21,22)/t17-/m1/s1. The number of urea groups is 1. The predicted molar refractivity (Wildman–Crippen MR) is 90.6 cm³/mol. The van der Waals surface area contributed by atoms with Gasteiger partial charge in [0.15, 0.2) is 0 Å². The number of benzene rings is 2. The second-order valence-corrected chi connectivity index (χ2v) is 5.82. The van der Waals surface area contributed by atoms with Gasteiger partial charge in [-0.25, -0.2) is 4.79 Å². The van der Waals surface area contributed by atoms with E-state index in [1.54, 1.807) is 0 Å². The van der Waals surface area contributed by atoms with Crippen LogP contribution in [0.25, 0.3) is 0 Å². The molecule has 4 nitrogen and oxygen atoms in total. The highest BCUT2D eigenvalue weighted by Gasteiger charge is 2.20. The number of hydrogen-bond acceptors (Lipinski definition) is 2. The first-order valence-corrected chi connectivity index (χ1v) is 8.07. The third kappa shape index (κ3) is 4.03. The molecule has 1 heterocycles. The average molecular weight is 310 g/mol. The van der Waals surface area contributed by atoms with Crippen LogP contribution in [0.3, 0.4) is 0 Å². The quantitative estimate of drug-likeness (QED) is 0.912. The fourth-order valence-electron chi connectivity index (χ4n) is 2.73. The average Bonchev–Trinajstić information content (AvgIpc) is 2.60. The number of ether oxygens (including phenoxy) is 1. The lowest BCUT2D eigenvalue weighted by molar-refractivity contribution is 0.214. The van der Waals surface area contributed by atoms with Crippen molar-refractivity contribution in [1.82, 2.24) is 10.6 Å². The van der Waals surface area contributed by atoms with Crippen LogP contribution < -0.4 is 15.4 Å². The molecule has 0 saturated carbocycles. The van der Waals surface area contributed by atoms with Crippen molar-refractivity contribution in [2.75, 3.05) is 6.61 Å². The maximum atomic E-state index is 12.0. The van der Waals surface area contributed by atoms with Crippen molar-refractivity contribution >= 4 is 6.03 Å². The van der Waals surface area contributed by atoms with E-state index in [0.717, 1.165) is 29.7 Å². The summed E-state index contributed by atoms with van der Waals surface area (Å²) in [7, 11) is 0. The van der Waals surface area contributed by atoms with Gasteiger partial charge in [0.1, 0.15) is 12.4 Å². The lowest BCUT2D eigenvalue weighted by Crippen LogP contribution is -2.47. The van der Waals surface area contributed by atoms with Crippen LogP contribution in [-0.4, -0.2) is 18.7 Å². The number of fused-ring (bicyclic) bond motifs is 1. The minimum Gasteiger partial charge on any atom is -0.491 e. The number of carbonyl (C=O) groups excluding carboxylic acids is 1. The molecule has 2 aromatic rings. The van der Waals surface area contributed by atoms with Crippen molar-refractivity contribution in [2.24, 2.45) is 0 Å². The maximum absolute atomic E-state index is 12.0. The molecule has 2 amide bonds. The first-order chi connectivity index (χ1) is 11.2. The summed E-state index contributed by atoms with van der Waals surface area (Å²) >= 11 is 0. The Labute approximate surface area is 136 Å². The molecule has 0 radical (unpaired) electrons. The highest BCUT2D eigenvalue weighted by atomic mass is 16.5. The molecule has 0 saturated heterocycles. The van der Waals surface area contributed by atoms with Crippen molar-refractivity contribution in [3.05, 3.63) is 65.2 Å². The zero-order valence-corrected chi connectivity index (χ0v) is 13.3. The van der Waals surface area contributed by atoms with Crippen LogP contribution in [0, 0.1) is 0 Å². The Morgan fingerprint density at radius 2 is 1.87 bits per heavy atom. The number of para-hydroxylation sites is 1. The van der Waals surface area contributed by atoms with E-state index in [-0.39, 0.29) is 12.1 Å². The van der Waals surface area contributed by atoms with Crippen LogP contribution in [-0.2, 0) is 19.4 Å². The van der Waals surface area contributed by atoms with Crippen LogP contribution in [0.1, 0.15) is 23.6 Å². The smallest absolute Gasteiger partial charge is 0.315 e. The molecule has 0 bridgehead atoms. The van der Waals surface area contributed by atoms with E-state index in [1.165, 1.54) is 5.56 Å². The maximum Gasteiger partial charge on any atom is 0.315 e. The Hall–Kier alpha value is -2.49. The molecule has 0 unspecified atom stereocenters. The van der Waals surface area contributed by atoms with E-state index in [9.17, 15) is 4.79 Å². The highest BCUT2D eigenvalue weighted by Crippen LogP contribution is 2.23. The summed E-state index contributed by atoms with van der Waals surface area (Å²) in [4.78, 5) is 12.0. The molecule has 120 valence electrons. The lowest BCUT2D eigenvalue weighted by Gasteiger charge is -2.26. The molecule has 1 atom stereocenters. The highest BCUT2D eigenvalue weighted by molar-refractivity contribution is 5.74. The number of rotatable bonds is 4. The Bertz CT molecular complexity index is 667. The summed E-state index contributed by atoms with van der Waals surface area (Å²) < 4.78 is 5.68. The fourth-order valence-corrected chi connectivity index (χ4v) is 2.73. The minimum atomic E-state index is -0.155. The SMILES string of the molecule is CCc1ccc(CNC(=O)N[C@H]2COc3ccccc3C2)cc1. The molecule has 23 heavy (non-hydrogen) atoms. The van der Waals surface area contributed by atoms with Crippen molar-refractivity contribution in [2.45, 2.75) is 32.4 Å². The summed E-state index contributed by atoms with van der Waals surface area (Å²) in [5.74, 6) is 0.918. The number of nitrogens with one attached hydrogen (secondary N) is 2. The van der Waals surface area contributed by atoms with E-state index in [2.05, 4.69) is 41.8 Å². The largest absolute Gasteiger partial charge is 0.491 e. The van der Waals surface area contributed by atoms with Crippen molar-refractivity contribution in [3.63, 3.8) is 0 Å². The van der Waals surface area contributed by atoms with Gasteiger partial charge in [0.05, 0.1) is 6.04 Å². The normalized spacial score (nSPS) is 16.1. The monoisotopic (exact) mass is 310 g/mol. The Balaban J connectivity index is 1.48. The molecule has 2 N–H and O–H groups in total. The number of aryl methyl sites for hydroxylation is 1. The van der Waals surface area contributed by atoms with Crippen LogP contribution in [0.2, 0.25) is 0 Å². The van der Waals surface area contributed by atoms with Gasteiger partial charge in [-0.05, 0) is 35.6 Å². The van der Waals surface area contributed by atoms with Gasteiger partial charge in [-0.3, -0.25) is 0 Å². The summed E-state index contributed by atoms with van der Waals surface area (Å²) in [5, 5.41) is 5.88. The van der Waals surface area contributed by atoms with Gasteiger partial charge in [-0.1, -0.05) is 49.4 Å². The second kappa shape index (κ2) is 7.18. The van der Waals surface area contributed by atoms with E-state index >= 15 is 0 Å². The molecule has 2 aromatic carbocycles. The van der Waals surface area contributed by atoms with Crippen LogP contribution >= 0.6 is 0 Å². The Morgan fingerprint density at radius 3 is 2.65 bits per heavy atom. The van der Waals surface area contributed by atoms with Gasteiger partial charge >= 0.3 is 6.03 Å². The van der Waals surface area contributed by atoms with Crippen molar-refractivity contribution < 1.29 is 9.53 Å². The predicted octanol–water partition coefficient (Wildman–Crippen LogP) is 3.05. The molecule has 0 fully saturated rings. The molecule has 0 aromatic heterocycles.